The lowest BCUT2D eigenvalue weighted by Gasteiger charge is -2.17. The van der Waals surface area contributed by atoms with Gasteiger partial charge in [-0.1, -0.05) is 6.07 Å². The van der Waals surface area contributed by atoms with Crippen molar-refractivity contribution < 1.29 is 9.90 Å². The predicted molar refractivity (Wildman–Crippen MR) is 57.8 cm³/mol. The molecule has 1 aromatic rings. The Bertz CT molecular complexity index is 318. The quantitative estimate of drug-likeness (QED) is 0.770. The van der Waals surface area contributed by atoms with Crippen LogP contribution < -0.4 is 0 Å². The van der Waals surface area contributed by atoms with Gasteiger partial charge in [-0.25, -0.2) is 0 Å². The fraction of sp³-hybridized carbons (Fsp3) is 0.400. The van der Waals surface area contributed by atoms with Crippen LogP contribution in [0.3, 0.4) is 0 Å². The van der Waals surface area contributed by atoms with Crippen LogP contribution in [0.15, 0.2) is 24.5 Å². The fourth-order valence-electron chi connectivity index (χ4n) is 1.22. The molecule has 4 nitrogen and oxygen atoms in total. The molecule has 0 aliphatic heterocycles. The van der Waals surface area contributed by atoms with Gasteiger partial charge in [0.05, 0.1) is 0 Å². The topological polar surface area (TPSA) is 53.4 Å². The number of halogens is 1. The van der Waals surface area contributed by atoms with E-state index in [-0.39, 0.29) is 0 Å². The zero-order valence-electron chi connectivity index (χ0n) is 8.43. The Hall–Kier alpha value is -1.13. The van der Waals surface area contributed by atoms with Crippen LogP contribution in [0.2, 0.25) is 0 Å². The molecular formula is C10H13ClN2O2. The van der Waals surface area contributed by atoms with Crippen LogP contribution in [-0.4, -0.2) is 39.9 Å². The van der Waals surface area contributed by atoms with Gasteiger partial charge in [-0.3, -0.25) is 14.7 Å². The summed E-state index contributed by atoms with van der Waals surface area (Å²) in [6.45, 7) is 0.954. The molecule has 0 saturated heterocycles. The molecule has 0 aliphatic rings. The average molecular weight is 229 g/mol. The third kappa shape index (κ3) is 4.27. The number of carboxylic acid groups (broad SMARTS) is 1. The van der Waals surface area contributed by atoms with Crippen LogP contribution in [0.1, 0.15) is 5.56 Å². The van der Waals surface area contributed by atoms with E-state index in [0.29, 0.717) is 13.1 Å². The van der Waals surface area contributed by atoms with E-state index in [1.165, 1.54) is 0 Å². The Balaban J connectivity index is 2.43. The van der Waals surface area contributed by atoms with Crippen LogP contribution in [-0.2, 0) is 11.3 Å². The lowest BCUT2D eigenvalue weighted by Crippen LogP contribution is -2.30. The van der Waals surface area contributed by atoms with E-state index >= 15 is 0 Å². The molecule has 1 N–H and O–H groups in total. The first-order valence-corrected chi connectivity index (χ1v) is 4.97. The summed E-state index contributed by atoms with van der Waals surface area (Å²) in [7, 11) is 1.82. The third-order valence-corrected chi connectivity index (χ3v) is 2.24. The third-order valence-electron chi connectivity index (χ3n) is 1.92. The highest BCUT2D eigenvalue weighted by atomic mass is 35.5. The molecule has 82 valence electrons. The Morgan fingerprint density at radius 2 is 2.47 bits per heavy atom. The van der Waals surface area contributed by atoms with Crippen molar-refractivity contribution in [3.63, 3.8) is 0 Å². The second-order valence-corrected chi connectivity index (χ2v) is 3.89. The molecule has 0 bridgehead atoms. The lowest BCUT2D eigenvalue weighted by molar-refractivity contribution is -0.136. The van der Waals surface area contributed by atoms with Crippen molar-refractivity contribution in [1.82, 2.24) is 9.88 Å². The predicted octanol–water partition coefficient (Wildman–Crippen LogP) is 1.21. The molecular weight excluding hydrogens is 216 g/mol. The van der Waals surface area contributed by atoms with Gasteiger partial charge >= 0.3 is 5.97 Å². The molecule has 5 heteroatoms. The first-order valence-electron chi connectivity index (χ1n) is 4.54. The highest BCUT2D eigenvalue weighted by molar-refractivity contribution is 6.29. The van der Waals surface area contributed by atoms with Crippen molar-refractivity contribution in [2.75, 3.05) is 13.6 Å². The molecule has 0 fully saturated rings. The van der Waals surface area contributed by atoms with Gasteiger partial charge in [0.2, 0.25) is 0 Å². The van der Waals surface area contributed by atoms with Crippen LogP contribution in [0.25, 0.3) is 0 Å². The maximum absolute atomic E-state index is 10.5. The van der Waals surface area contributed by atoms with Crippen molar-refractivity contribution in [2.45, 2.75) is 11.9 Å². The van der Waals surface area contributed by atoms with E-state index < -0.39 is 11.3 Å². The van der Waals surface area contributed by atoms with E-state index in [0.717, 1.165) is 5.56 Å². The van der Waals surface area contributed by atoms with E-state index in [1.54, 1.807) is 12.4 Å². The van der Waals surface area contributed by atoms with Crippen LogP contribution >= 0.6 is 11.6 Å². The number of aliphatic carboxylic acids is 1. The van der Waals surface area contributed by atoms with Gasteiger partial charge in [0, 0.05) is 25.5 Å². The zero-order valence-corrected chi connectivity index (χ0v) is 9.18. The molecule has 0 amide bonds. The van der Waals surface area contributed by atoms with Gasteiger partial charge in [0.1, 0.15) is 5.38 Å². The summed E-state index contributed by atoms with van der Waals surface area (Å²) in [4.78, 5) is 16.3. The monoisotopic (exact) mass is 228 g/mol. The smallest absolute Gasteiger partial charge is 0.322 e. The minimum absolute atomic E-state index is 0.311. The molecule has 1 aromatic heterocycles. The number of carboxylic acids is 1. The number of hydrogen-bond donors (Lipinski definition) is 1. The molecule has 0 saturated carbocycles. The van der Waals surface area contributed by atoms with E-state index in [4.69, 9.17) is 16.7 Å². The van der Waals surface area contributed by atoms with E-state index in [9.17, 15) is 4.79 Å². The molecule has 1 heterocycles. The molecule has 1 rings (SSSR count). The molecule has 0 aromatic carbocycles. The Morgan fingerprint density at radius 3 is 3.00 bits per heavy atom. The van der Waals surface area contributed by atoms with E-state index in [1.807, 2.05) is 24.1 Å². The number of carbonyl (C=O) groups is 1. The second-order valence-electron chi connectivity index (χ2n) is 3.36. The van der Waals surface area contributed by atoms with Crippen molar-refractivity contribution in [3.8, 4) is 0 Å². The van der Waals surface area contributed by atoms with Crippen LogP contribution in [0.4, 0.5) is 0 Å². The van der Waals surface area contributed by atoms with Gasteiger partial charge in [0.15, 0.2) is 0 Å². The SMILES string of the molecule is CN(Cc1cccnc1)CC(Cl)C(=O)O. The molecule has 0 spiro atoms. The van der Waals surface area contributed by atoms with E-state index in [2.05, 4.69) is 4.98 Å². The first-order chi connectivity index (χ1) is 7.09. The average Bonchev–Trinajstić information content (AvgIpc) is 2.18. The Morgan fingerprint density at radius 1 is 1.73 bits per heavy atom. The number of alkyl halides is 1. The second kappa shape index (κ2) is 5.68. The van der Waals surface area contributed by atoms with Crippen molar-refractivity contribution >= 4 is 17.6 Å². The zero-order chi connectivity index (χ0) is 11.3. The summed E-state index contributed by atoms with van der Waals surface area (Å²) < 4.78 is 0. The Labute approximate surface area is 93.5 Å². The first kappa shape index (κ1) is 11.9. The van der Waals surface area contributed by atoms with Crippen molar-refractivity contribution in [2.24, 2.45) is 0 Å². The van der Waals surface area contributed by atoms with Crippen molar-refractivity contribution in [1.29, 1.82) is 0 Å². The largest absolute Gasteiger partial charge is 0.480 e. The van der Waals surface area contributed by atoms with Gasteiger partial charge < -0.3 is 5.11 Å². The van der Waals surface area contributed by atoms with Crippen LogP contribution in [0, 0.1) is 0 Å². The number of pyridine rings is 1. The molecule has 15 heavy (non-hydrogen) atoms. The van der Waals surface area contributed by atoms with Crippen molar-refractivity contribution in [3.05, 3.63) is 30.1 Å². The number of hydrogen-bond acceptors (Lipinski definition) is 3. The summed E-state index contributed by atoms with van der Waals surface area (Å²) in [6.07, 6.45) is 3.45. The number of nitrogens with zero attached hydrogens (tertiary/aromatic N) is 2. The lowest BCUT2D eigenvalue weighted by atomic mass is 10.2. The normalized spacial score (nSPS) is 12.7. The van der Waals surface area contributed by atoms with Gasteiger partial charge in [0.25, 0.3) is 0 Å². The molecule has 1 unspecified atom stereocenters. The number of rotatable bonds is 5. The summed E-state index contributed by atoms with van der Waals surface area (Å²) in [5.74, 6) is -0.991. The fourth-order valence-corrected chi connectivity index (χ4v) is 1.46. The minimum Gasteiger partial charge on any atom is -0.480 e. The summed E-state index contributed by atoms with van der Waals surface area (Å²) in [5, 5.41) is 7.76. The minimum atomic E-state index is -0.991. The highest BCUT2D eigenvalue weighted by Gasteiger charge is 2.15. The van der Waals surface area contributed by atoms with Gasteiger partial charge in [-0.2, -0.15) is 0 Å². The summed E-state index contributed by atoms with van der Waals surface area (Å²) in [5.41, 5.74) is 1.04. The van der Waals surface area contributed by atoms with Gasteiger partial charge in [-0.15, -0.1) is 11.6 Å². The summed E-state index contributed by atoms with van der Waals surface area (Å²) in [6, 6.07) is 3.78. The van der Waals surface area contributed by atoms with Gasteiger partial charge in [-0.05, 0) is 18.7 Å². The molecule has 0 aliphatic carbocycles. The maximum atomic E-state index is 10.5. The maximum Gasteiger partial charge on any atom is 0.322 e. The van der Waals surface area contributed by atoms with Crippen LogP contribution in [0.5, 0.6) is 0 Å². The summed E-state index contributed by atoms with van der Waals surface area (Å²) >= 11 is 5.62. The highest BCUT2D eigenvalue weighted by Crippen LogP contribution is 2.04. The molecule has 1 atom stereocenters. The molecule has 0 radical (unpaired) electrons. The Kier molecular flexibility index (Phi) is 4.52. The number of aromatic nitrogens is 1. The standard InChI is InChI=1S/C10H13ClN2O2/c1-13(7-9(11)10(14)15)6-8-3-2-4-12-5-8/h2-5,9H,6-7H2,1H3,(H,14,15).